The number of anilines is 1. The molecule has 0 aromatic carbocycles. The van der Waals surface area contributed by atoms with Crippen molar-refractivity contribution in [2.75, 3.05) is 32.9 Å². The van der Waals surface area contributed by atoms with Gasteiger partial charge in [-0.1, -0.05) is 0 Å². The summed E-state index contributed by atoms with van der Waals surface area (Å²) in [4.78, 5) is 27.7. The molecule has 0 bridgehead atoms. The number of rotatable bonds is 3. The Morgan fingerprint density at radius 1 is 1.47 bits per heavy atom. The first-order valence-electron chi connectivity index (χ1n) is 6.37. The molecule has 0 spiro atoms. The van der Waals surface area contributed by atoms with Gasteiger partial charge in [0.05, 0.1) is 0 Å². The van der Waals surface area contributed by atoms with Gasteiger partial charge in [-0.2, -0.15) is 0 Å². The molecule has 1 aromatic heterocycles. The van der Waals surface area contributed by atoms with E-state index in [0.29, 0.717) is 11.7 Å². The predicted molar refractivity (Wildman–Crippen MR) is 73.8 cm³/mol. The largest absolute Gasteiger partial charge is 0.398 e. The van der Waals surface area contributed by atoms with Crippen LogP contribution in [0.25, 0.3) is 0 Å². The van der Waals surface area contributed by atoms with Crippen molar-refractivity contribution in [1.82, 2.24) is 14.4 Å². The molecule has 2 rings (SSSR count). The summed E-state index contributed by atoms with van der Waals surface area (Å²) in [5.74, 6) is -0.0305. The number of nitrogen functional groups attached to an aromatic ring is 1. The van der Waals surface area contributed by atoms with Crippen molar-refractivity contribution in [3.63, 3.8) is 0 Å². The number of nitrogens with two attached hydrogens (primary N) is 1. The van der Waals surface area contributed by atoms with E-state index < -0.39 is 0 Å². The van der Waals surface area contributed by atoms with Gasteiger partial charge in [0.2, 0.25) is 5.91 Å². The summed E-state index contributed by atoms with van der Waals surface area (Å²) < 4.78 is 1.36. The molecule has 1 fully saturated rings. The molecule has 0 radical (unpaired) electrons. The molecule has 0 saturated carbocycles. The highest BCUT2D eigenvalue weighted by Gasteiger charge is 2.27. The smallest absolute Gasteiger partial charge is 0.251 e. The lowest BCUT2D eigenvalue weighted by Crippen LogP contribution is -2.37. The minimum absolute atomic E-state index is 0.0305. The van der Waals surface area contributed by atoms with E-state index in [0.717, 1.165) is 19.5 Å². The molecule has 1 aromatic rings. The highest BCUT2D eigenvalue weighted by Crippen LogP contribution is 2.13. The fourth-order valence-corrected chi connectivity index (χ4v) is 2.31. The van der Waals surface area contributed by atoms with Gasteiger partial charge in [-0.15, -0.1) is 0 Å². The van der Waals surface area contributed by atoms with Crippen LogP contribution in [0.3, 0.4) is 0 Å². The number of hydrogen-bond donors (Lipinski definition) is 1. The summed E-state index contributed by atoms with van der Waals surface area (Å²) in [5.41, 5.74) is 5.91. The standard InChI is InChI=1S/C13H20N4O2/c1-15(2)11-5-6-16(8-11)13(19)9-17-7-10(14)3-4-12(17)18/h3-4,7,11H,5-6,8-9,14H2,1-2H3. The van der Waals surface area contributed by atoms with Crippen molar-refractivity contribution in [1.29, 1.82) is 0 Å². The van der Waals surface area contributed by atoms with Gasteiger partial charge in [0.15, 0.2) is 0 Å². The molecule has 1 aliphatic rings. The molecule has 2 N–H and O–H groups in total. The van der Waals surface area contributed by atoms with E-state index in [1.54, 1.807) is 11.0 Å². The van der Waals surface area contributed by atoms with Crippen LogP contribution in [0.1, 0.15) is 6.42 Å². The highest BCUT2D eigenvalue weighted by molar-refractivity contribution is 5.76. The molecular weight excluding hydrogens is 244 g/mol. The average Bonchev–Trinajstić information content (AvgIpc) is 2.83. The zero-order valence-corrected chi connectivity index (χ0v) is 11.4. The molecule has 104 valence electrons. The molecule has 0 aliphatic carbocycles. The van der Waals surface area contributed by atoms with E-state index in [2.05, 4.69) is 4.90 Å². The summed E-state index contributed by atoms with van der Waals surface area (Å²) in [6, 6.07) is 3.33. The maximum Gasteiger partial charge on any atom is 0.251 e. The quantitative estimate of drug-likeness (QED) is 0.806. The van der Waals surface area contributed by atoms with Crippen LogP contribution in [0.5, 0.6) is 0 Å². The van der Waals surface area contributed by atoms with Gasteiger partial charge in [-0.25, -0.2) is 0 Å². The first-order valence-corrected chi connectivity index (χ1v) is 6.37. The number of amides is 1. The van der Waals surface area contributed by atoms with Gasteiger partial charge in [0.25, 0.3) is 5.56 Å². The third-order valence-electron chi connectivity index (χ3n) is 3.56. The number of likely N-dealkylation sites (N-methyl/N-ethyl adjacent to an activating group) is 1. The Balaban J connectivity index is 2.02. The second-order valence-electron chi connectivity index (χ2n) is 5.17. The third kappa shape index (κ3) is 3.14. The lowest BCUT2D eigenvalue weighted by atomic mass is 10.2. The van der Waals surface area contributed by atoms with Crippen molar-refractivity contribution in [3.8, 4) is 0 Å². The van der Waals surface area contributed by atoms with Crippen LogP contribution in [0, 0.1) is 0 Å². The number of nitrogens with zero attached hydrogens (tertiary/aromatic N) is 3. The van der Waals surface area contributed by atoms with Crippen LogP contribution in [0.4, 0.5) is 5.69 Å². The minimum Gasteiger partial charge on any atom is -0.398 e. The second-order valence-corrected chi connectivity index (χ2v) is 5.17. The topological polar surface area (TPSA) is 71.6 Å². The molecule has 6 nitrogen and oxygen atoms in total. The number of likely N-dealkylation sites (tertiary alicyclic amines) is 1. The monoisotopic (exact) mass is 264 g/mol. The average molecular weight is 264 g/mol. The second kappa shape index (κ2) is 5.44. The van der Waals surface area contributed by atoms with Gasteiger partial charge in [0.1, 0.15) is 6.54 Å². The number of hydrogen-bond acceptors (Lipinski definition) is 4. The first kappa shape index (κ1) is 13.6. The van der Waals surface area contributed by atoms with Gasteiger partial charge in [-0.3, -0.25) is 9.59 Å². The van der Waals surface area contributed by atoms with Crippen molar-refractivity contribution >= 4 is 11.6 Å². The van der Waals surface area contributed by atoms with Gasteiger partial charge >= 0.3 is 0 Å². The molecule has 1 atom stereocenters. The SMILES string of the molecule is CN(C)C1CCN(C(=O)Cn2cc(N)ccc2=O)C1. The van der Waals surface area contributed by atoms with Crippen molar-refractivity contribution < 1.29 is 4.79 Å². The van der Waals surface area contributed by atoms with Crippen LogP contribution >= 0.6 is 0 Å². The molecule has 6 heteroatoms. The summed E-state index contributed by atoms with van der Waals surface area (Å²) in [6.07, 6.45) is 2.49. The van der Waals surface area contributed by atoms with Crippen LogP contribution < -0.4 is 11.3 Å². The number of carbonyl (C=O) groups is 1. The van der Waals surface area contributed by atoms with Crippen molar-refractivity contribution in [2.24, 2.45) is 0 Å². The number of carbonyl (C=O) groups excluding carboxylic acids is 1. The Morgan fingerprint density at radius 3 is 2.84 bits per heavy atom. The molecule has 1 aliphatic heterocycles. The maximum absolute atomic E-state index is 12.2. The summed E-state index contributed by atoms with van der Waals surface area (Å²) >= 11 is 0. The van der Waals surface area contributed by atoms with E-state index in [-0.39, 0.29) is 18.0 Å². The molecule has 19 heavy (non-hydrogen) atoms. The predicted octanol–water partition coefficient (Wildman–Crippen LogP) is -0.407. The summed E-state index contributed by atoms with van der Waals surface area (Å²) in [5, 5.41) is 0. The minimum atomic E-state index is -0.203. The summed E-state index contributed by atoms with van der Waals surface area (Å²) in [6.45, 7) is 1.53. The third-order valence-corrected chi connectivity index (χ3v) is 3.56. The Morgan fingerprint density at radius 2 is 2.21 bits per heavy atom. The van der Waals surface area contributed by atoms with E-state index >= 15 is 0 Å². The normalized spacial score (nSPS) is 19.1. The fraction of sp³-hybridized carbons (Fsp3) is 0.538. The highest BCUT2D eigenvalue weighted by atomic mass is 16.2. The zero-order chi connectivity index (χ0) is 14.0. The molecule has 1 saturated heterocycles. The zero-order valence-electron chi connectivity index (χ0n) is 11.4. The molecular formula is C13H20N4O2. The van der Waals surface area contributed by atoms with E-state index in [4.69, 9.17) is 5.73 Å². The van der Waals surface area contributed by atoms with Crippen LogP contribution in [-0.4, -0.2) is 53.5 Å². The van der Waals surface area contributed by atoms with E-state index in [1.807, 2.05) is 14.1 Å². The van der Waals surface area contributed by atoms with Crippen molar-refractivity contribution in [3.05, 3.63) is 28.7 Å². The van der Waals surface area contributed by atoms with E-state index in [9.17, 15) is 9.59 Å². The van der Waals surface area contributed by atoms with Crippen LogP contribution in [-0.2, 0) is 11.3 Å². The number of aromatic nitrogens is 1. The first-order chi connectivity index (χ1) is 8.97. The van der Waals surface area contributed by atoms with Crippen LogP contribution in [0.2, 0.25) is 0 Å². The van der Waals surface area contributed by atoms with Crippen LogP contribution in [0.15, 0.2) is 23.1 Å². The molecule has 1 amide bonds. The Hall–Kier alpha value is -1.82. The van der Waals surface area contributed by atoms with Gasteiger partial charge in [-0.05, 0) is 26.6 Å². The molecule has 1 unspecified atom stereocenters. The van der Waals surface area contributed by atoms with Gasteiger partial charge < -0.3 is 20.1 Å². The van der Waals surface area contributed by atoms with Gasteiger partial charge in [0, 0.05) is 37.1 Å². The lowest BCUT2D eigenvalue weighted by Gasteiger charge is -2.20. The number of pyridine rings is 1. The molecule has 2 heterocycles. The Labute approximate surface area is 112 Å². The van der Waals surface area contributed by atoms with E-state index in [1.165, 1.54) is 16.8 Å². The fourth-order valence-electron chi connectivity index (χ4n) is 2.31. The Kier molecular flexibility index (Phi) is 3.90. The summed E-state index contributed by atoms with van der Waals surface area (Å²) in [7, 11) is 4.03. The Bertz CT molecular complexity index is 524. The lowest BCUT2D eigenvalue weighted by molar-refractivity contribution is -0.131. The maximum atomic E-state index is 12.2. The van der Waals surface area contributed by atoms with Crippen molar-refractivity contribution in [2.45, 2.75) is 19.0 Å².